The van der Waals surface area contributed by atoms with Gasteiger partial charge in [0.1, 0.15) is 16.3 Å². The molecule has 0 unspecified atom stereocenters. The first-order chi connectivity index (χ1) is 14.8. The van der Waals surface area contributed by atoms with Crippen molar-refractivity contribution in [3.05, 3.63) is 76.9 Å². The van der Waals surface area contributed by atoms with E-state index in [0.29, 0.717) is 11.4 Å². The Kier molecular flexibility index (Phi) is 5.52. The summed E-state index contributed by atoms with van der Waals surface area (Å²) in [7, 11) is 0. The number of anilines is 1. The topological polar surface area (TPSA) is 87.4 Å². The van der Waals surface area contributed by atoms with Gasteiger partial charge in [0.05, 0.1) is 6.20 Å². The van der Waals surface area contributed by atoms with Crippen molar-refractivity contribution in [3.8, 4) is 27.9 Å². The lowest BCUT2D eigenvalue weighted by Gasteiger charge is -2.13. The minimum absolute atomic E-state index is 0.168. The number of hydrogen-bond donors (Lipinski definition) is 3. The zero-order chi connectivity index (χ0) is 22.1. The first-order valence-electron chi connectivity index (χ1n) is 9.91. The molecule has 3 N–H and O–H groups in total. The Labute approximate surface area is 184 Å². The molecule has 158 valence electrons. The predicted molar refractivity (Wildman–Crippen MR) is 123 cm³/mol. The Morgan fingerprint density at radius 1 is 1.10 bits per heavy atom. The molecule has 2 aromatic carbocycles. The fourth-order valence-corrected chi connectivity index (χ4v) is 4.25. The number of carbonyl (C=O) groups is 1. The first-order valence-corrected chi connectivity index (χ1v) is 10.8. The summed E-state index contributed by atoms with van der Waals surface area (Å²) in [4.78, 5) is 17.3. The minimum Gasteiger partial charge on any atom is -0.505 e. The fourth-order valence-electron chi connectivity index (χ4n) is 3.45. The molecule has 0 aliphatic rings. The molecule has 0 atom stereocenters. The number of aryl methyl sites for hydroxylation is 1. The van der Waals surface area contributed by atoms with Crippen molar-refractivity contribution >= 4 is 22.9 Å². The van der Waals surface area contributed by atoms with Gasteiger partial charge in [0.2, 0.25) is 5.88 Å². The number of hydrogen-bond acceptors (Lipinski definition) is 5. The molecule has 7 heteroatoms. The van der Waals surface area contributed by atoms with Crippen LogP contribution in [0.15, 0.2) is 60.1 Å². The van der Waals surface area contributed by atoms with Gasteiger partial charge in [-0.25, -0.2) is 4.98 Å². The lowest BCUT2D eigenvalue weighted by molar-refractivity contribution is 0.102. The molecule has 0 aliphatic carbocycles. The summed E-state index contributed by atoms with van der Waals surface area (Å²) in [5.74, 6) is -0.980. The maximum absolute atomic E-state index is 12.9. The van der Waals surface area contributed by atoms with Crippen molar-refractivity contribution in [2.75, 3.05) is 5.32 Å². The monoisotopic (exact) mass is 433 g/mol. The van der Waals surface area contributed by atoms with Gasteiger partial charge in [-0.2, -0.15) is 0 Å². The Balaban J connectivity index is 1.63. The van der Waals surface area contributed by atoms with Crippen LogP contribution in [0.1, 0.15) is 41.4 Å². The third-order valence-corrected chi connectivity index (χ3v) is 6.04. The molecular formula is C24H23N3O3S. The van der Waals surface area contributed by atoms with Crippen molar-refractivity contribution in [2.24, 2.45) is 0 Å². The van der Waals surface area contributed by atoms with Crippen molar-refractivity contribution in [1.29, 1.82) is 0 Å². The van der Waals surface area contributed by atoms with E-state index in [1.807, 2.05) is 56.5 Å². The molecule has 31 heavy (non-hydrogen) atoms. The van der Waals surface area contributed by atoms with Crippen molar-refractivity contribution in [1.82, 2.24) is 9.55 Å². The number of benzene rings is 2. The van der Waals surface area contributed by atoms with E-state index in [9.17, 15) is 15.0 Å². The van der Waals surface area contributed by atoms with Crippen LogP contribution in [-0.4, -0.2) is 25.7 Å². The molecule has 0 saturated carbocycles. The number of nitrogens with zero attached hydrogens (tertiary/aromatic N) is 2. The maximum atomic E-state index is 12.9. The lowest BCUT2D eigenvalue weighted by atomic mass is 10.0. The van der Waals surface area contributed by atoms with Crippen LogP contribution in [0.4, 0.5) is 5.69 Å². The van der Waals surface area contributed by atoms with Gasteiger partial charge in [-0.15, -0.1) is 11.3 Å². The molecule has 0 fully saturated rings. The van der Waals surface area contributed by atoms with Crippen LogP contribution in [-0.2, 0) is 0 Å². The van der Waals surface area contributed by atoms with Gasteiger partial charge < -0.3 is 15.5 Å². The lowest BCUT2D eigenvalue weighted by Crippen LogP contribution is -2.13. The molecule has 0 bridgehead atoms. The Morgan fingerprint density at radius 3 is 2.45 bits per heavy atom. The number of thiazole rings is 1. The van der Waals surface area contributed by atoms with Gasteiger partial charge in [0.15, 0.2) is 0 Å². The van der Waals surface area contributed by atoms with E-state index >= 15 is 0 Å². The number of aromatic nitrogens is 2. The highest BCUT2D eigenvalue weighted by atomic mass is 32.1. The summed E-state index contributed by atoms with van der Waals surface area (Å²) >= 11 is 1.56. The predicted octanol–water partition coefficient (Wildman–Crippen LogP) is 5.70. The molecule has 4 rings (SSSR count). The van der Waals surface area contributed by atoms with E-state index in [1.54, 1.807) is 29.5 Å². The van der Waals surface area contributed by atoms with Crippen LogP contribution in [0.5, 0.6) is 11.6 Å². The summed E-state index contributed by atoms with van der Waals surface area (Å²) in [6.45, 7) is 6.02. The molecule has 1 amide bonds. The van der Waals surface area contributed by atoms with Crippen LogP contribution in [0.25, 0.3) is 16.3 Å². The van der Waals surface area contributed by atoms with Crippen LogP contribution < -0.4 is 5.32 Å². The number of aromatic hydroxyl groups is 2. The van der Waals surface area contributed by atoms with Crippen LogP contribution in [0.3, 0.4) is 0 Å². The van der Waals surface area contributed by atoms with Gasteiger partial charge in [-0.3, -0.25) is 9.36 Å². The molecule has 6 nitrogen and oxygen atoms in total. The van der Waals surface area contributed by atoms with Gasteiger partial charge in [-0.05, 0) is 48.7 Å². The standard InChI is InChI=1S/C24H23N3O3S/c1-14(2)18-6-4-5-7-19(18)26-22(29)21-20(28)12-27(24(21)30)17-10-8-16(9-11-17)23-25-15(3)13-31-23/h4-14,28,30H,1-3H3,(H,26,29). The summed E-state index contributed by atoms with van der Waals surface area (Å²) in [6.07, 6.45) is 1.33. The summed E-state index contributed by atoms with van der Waals surface area (Å²) in [5.41, 5.74) is 4.00. The van der Waals surface area contributed by atoms with E-state index in [-0.39, 0.29) is 23.1 Å². The van der Waals surface area contributed by atoms with Crippen LogP contribution >= 0.6 is 11.3 Å². The molecule has 2 aromatic heterocycles. The van der Waals surface area contributed by atoms with Gasteiger partial charge in [0, 0.05) is 28.0 Å². The largest absolute Gasteiger partial charge is 0.505 e. The van der Waals surface area contributed by atoms with E-state index in [1.165, 1.54) is 10.8 Å². The molecule has 0 radical (unpaired) electrons. The molecule has 0 spiro atoms. The highest BCUT2D eigenvalue weighted by Crippen LogP contribution is 2.34. The summed E-state index contributed by atoms with van der Waals surface area (Å²) < 4.78 is 1.38. The van der Waals surface area contributed by atoms with Gasteiger partial charge >= 0.3 is 0 Å². The van der Waals surface area contributed by atoms with Gasteiger partial charge in [0.25, 0.3) is 5.91 Å². The van der Waals surface area contributed by atoms with E-state index in [2.05, 4.69) is 10.3 Å². The number of amides is 1. The zero-order valence-corrected chi connectivity index (χ0v) is 18.3. The smallest absolute Gasteiger partial charge is 0.264 e. The second-order valence-electron chi connectivity index (χ2n) is 7.62. The summed E-state index contributed by atoms with van der Waals surface area (Å²) in [6, 6.07) is 14.9. The number of para-hydroxylation sites is 1. The van der Waals surface area contributed by atoms with E-state index < -0.39 is 5.91 Å². The highest BCUT2D eigenvalue weighted by molar-refractivity contribution is 7.13. The van der Waals surface area contributed by atoms with Crippen LogP contribution in [0.2, 0.25) is 0 Å². The fraction of sp³-hybridized carbons (Fsp3) is 0.167. The molecule has 0 aliphatic heterocycles. The second kappa shape index (κ2) is 8.28. The first kappa shape index (κ1) is 20.7. The maximum Gasteiger partial charge on any atom is 0.264 e. The third-order valence-electron chi connectivity index (χ3n) is 5.03. The zero-order valence-electron chi connectivity index (χ0n) is 17.5. The number of rotatable bonds is 5. The van der Waals surface area contributed by atoms with Gasteiger partial charge in [-0.1, -0.05) is 32.0 Å². The second-order valence-corrected chi connectivity index (χ2v) is 8.48. The van der Waals surface area contributed by atoms with E-state index in [0.717, 1.165) is 21.8 Å². The van der Waals surface area contributed by atoms with Crippen molar-refractivity contribution < 1.29 is 15.0 Å². The normalized spacial score (nSPS) is 11.1. The van der Waals surface area contributed by atoms with Crippen molar-refractivity contribution in [2.45, 2.75) is 26.7 Å². The molecule has 0 saturated heterocycles. The Morgan fingerprint density at radius 2 is 1.81 bits per heavy atom. The molecule has 2 heterocycles. The SMILES string of the molecule is Cc1csc(-c2ccc(-n3cc(O)c(C(=O)Nc4ccccc4C(C)C)c3O)cc2)n1. The van der Waals surface area contributed by atoms with Crippen molar-refractivity contribution in [3.63, 3.8) is 0 Å². The van der Waals surface area contributed by atoms with Crippen LogP contribution in [0, 0.1) is 6.92 Å². The average Bonchev–Trinajstić information content (AvgIpc) is 3.31. The third kappa shape index (κ3) is 4.04. The highest BCUT2D eigenvalue weighted by Gasteiger charge is 2.23. The quantitative estimate of drug-likeness (QED) is 0.377. The number of nitrogens with one attached hydrogen (secondary N) is 1. The Bertz CT molecular complexity index is 1240. The number of carbonyl (C=O) groups excluding carboxylic acids is 1. The summed E-state index contributed by atoms with van der Waals surface area (Å²) in [5, 5.41) is 26.8. The Hall–Kier alpha value is -3.58. The molecule has 4 aromatic rings. The average molecular weight is 434 g/mol. The minimum atomic E-state index is -0.572. The van der Waals surface area contributed by atoms with E-state index in [4.69, 9.17) is 0 Å². The molecular weight excluding hydrogens is 410 g/mol.